The molecule has 1 aromatic rings. The predicted molar refractivity (Wildman–Crippen MR) is 46.3 cm³/mol. The SMILES string of the molecule is O=C/C(=C/Cl)c1ccccc1. The van der Waals surface area contributed by atoms with Crippen molar-refractivity contribution in [2.75, 3.05) is 0 Å². The van der Waals surface area contributed by atoms with Gasteiger partial charge in [-0.05, 0) is 5.56 Å². The van der Waals surface area contributed by atoms with Crippen LogP contribution in [0.5, 0.6) is 0 Å². The normalized spacial score (nSPS) is 11.2. The third kappa shape index (κ3) is 1.92. The molecule has 1 rings (SSSR count). The standard InChI is InChI=1S/C9H7ClO/c10-6-9(7-11)8-4-2-1-3-5-8/h1-7H/b9-6-. The Hall–Kier alpha value is -1.08. The van der Waals surface area contributed by atoms with Crippen LogP contribution >= 0.6 is 11.6 Å². The van der Waals surface area contributed by atoms with Crippen molar-refractivity contribution in [3.63, 3.8) is 0 Å². The molecule has 56 valence electrons. The number of hydrogen-bond donors (Lipinski definition) is 0. The largest absolute Gasteiger partial charge is 0.298 e. The summed E-state index contributed by atoms with van der Waals surface area (Å²) in [6.45, 7) is 0. The summed E-state index contributed by atoms with van der Waals surface area (Å²) in [5, 5.41) is 0. The van der Waals surface area contributed by atoms with E-state index in [9.17, 15) is 4.79 Å². The molecule has 0 aliphatic heterocycles. The van der Waals surface area contributed by atoms with Gasteiger partial charge >= 0.3 is 0 Å². The first kappa shape index (κ1) is 8.02. The Morgan fingerprint density at radius 3 is 2.36 bits per heavy atom. The minimum absolute atomic E-state index is 0.507. The van der Waals surface area contributed by atoms with Gasteiger partial charge in [0.1, 0.15) is 0 Å². The molecule has 1 aromatic carbocycles. The van der Waals surface area contributed by atoms with Crippen LogP contribution in [0.4, 0.5) is 0 Å². The van der Waals surface area contributed by atoms with Crippen LogP contribution in [-0.2, 0) is 4.79 Å². The Balaban J connectivity index is 3.01. The lowest BCUT2D eigenvalue weighted by Gasteiger charge is -1.95. The molecular weight excluding hydrogens is 160 g/mol. The van der Waals surface area contributed by atoms with Crippen LogP contribution in [0.15, 0.2) is 35.9 Å². The zero-order valence-electron chi connectivity index (χ0n) is 5.83. The fraction of sp³-hybridized carbons (Fsp3) is 0. The van der Waals surface area contributed by atoms with Gasteiger partial charge in [-0.3, -0.25) is 4.79 Å². The molecule has 0 spiro atoms. The first-order chi connectivity index (χ1) is 5.38. The van der Waals surface area contributed by atoms with Gasteiger partial charge in [-0.2, -0.15) is 0 Å². The van der Waals surface area contributed by atoms with E-state index in [1.54, 1.807) is 0 Å². The second-order valence-electron chi connectivity index (χ2n) is 2.05. The Morgan fingerprint density at radius 1 is 1.27 bits per heavy atom. The van der Waals surface area contributed by atoms with Crippen LogP contribution in [0, 0.1) is 0 Å². The van der Waals surface area contributed by atoms with Crippen molar-refractivity contribution in [1.29, 1.82) is 0 Å². The number of carbonyl (C=O) groups is 1. The molecule has 0 saturated heterocycles. The van der Waals surface area contributed by atoms with Crippen molar-refractivity contribution in [1.82, 2.24) is 0 Å². The number of hydrogen-bond acceptors (Lipinski definition) is 1. The molecule has 0 N–H and O–H groups in total. The lowest BCUT2D eigenvalue weighted by atomic mass is 10.1. The smallest absolute Gasteiger partial charge is 0.151 e. The quantitative estimate of drug-likeness (QED) is 0.487. The van der Waals surface area contributed by atoms with E-state index >= 15 is 0 Å². The van der Waals surface area contributed by atoms with E-state index in [0.717, 1.165) is 11.8 Å². The number of aldehydes is 1. The summed E-state index contributed by atoms with van der Waals surface area (Å²) in [6, 6.07) is 9.28. The van der Waals surface area contributed by atoms with Gasteiger partial charge in [0.15, 0.2) is 6.29 Å². The number of halogens is 1. The number of benzene rings is 1. The zero-order valence-corrected chi connectivity index (χ0v) is 6.58. The molecule has 0 amide bonds. The summed E-state index contributed by atoms with van der Waals surface area (Å²) in [7, 11) is 0. The topological polar surface area (TPSA) is 17.1 Å². The van der Waals surface area contributed by atoms with E-state index in [1.165, 1.54) is 5.54 Å². The summed E-state index contributed by atoms with van der Waals surface area (Å²) in [6.07, 6.45) is 0.738. The number of allylic oxidation sites excluding steroid dienone is 1. The molecule has 0 fully saturated rings. The van der Waals surface area contributed by atoms with Crippen molar-refractivity contribution in [3.05, 3.63) is 41.4 Å². The maximum Gasteiger partial charge on any atom is 0.151 e. The predicted octanol–water partition coefficient (Wildman–Crippen LogP) is 2.47. The van der Waals surface area contributed by atoms with Gasteiger partial charge in [0.05, 0.1) is 0 Å². The molecule has 0 aliphatic carbocycles. The fourth-order valence-corrected chi connectivity index (χ4v) is 0.965. The Labute approximate surface area is 70.3 Å². The summed E-state index contributed by atoms with van der Waals surface area (Å²) < 4.78 is 0. The Morgan fingerprint density at radius 2 is 1.91 bits per heavy atom. The van der Waals surface area contributed by atoms with Crippen LogP contribution < -0.4 is 0 Å². The highest BCUT2D eigenvalue weighted by Gasteiger charge is 1.95. The molecule has 0 saturated carbocycles. The van der Waals surface area contributed by atoms with Crippen LogP contribution in [0.25, 0.3) is 5.57 Å². The highest BCUT2D eigenvalue weighted by atomic mass is 35.5. The van der Waals surface area contributed by atoms with Gasteiger partial charge in [0.2, 0.25) is 0 Å². The molecule has 0 heterocycles. The first-order valence-electron chi connectivity index (χ1n) is 3.19. The molecule has 0 radical (unpaired) electrons. The number of carbonyl (C=O) groups excluding carboxylic acids is 1. The summed E-state index contributed by atoms with van der Waals surface area (Å²) >= 11 is 5.41. The Bertz CT molecular complexity index is 264. The monoisotopic (exact) mass is 166 g/mol. The van der Waals surface area contributed by atoms with E-state index in [0.29, 0.717) is 5.57 Å². The van der Waals surface area contributed by atoms with Gasteiger partial charge < -0.3 is 0 Å². The molecule has 2 heteroatoms. The van der Waals surface area contributed by atoms with Crippen LogP contribution in [0.1, 0.15) is 5.56 Å². The highest BCUT2D eigenvalue weighted by molar-refractivity contribution is 6.32. The molecule has 0 aromatic heterocycles. The lowest BCUT2D eigenvalue weighted by Crippen LogP contribution is -1.82. The fourth-order valence-electron chi connectivity index (χ4n) is 0.787. The average Bonchev–Trinajstić information content (AvgIpc) is 2.09. The summed E-state index contributed by atoms with van der Waals surface area (Å²) in [5.74, 6) is 0. The summed E-state index contributed by atoms with van der Waals surface area (Å²) in [4.78, 5) is 10.4. The van der Waals surface area contributed by atoms with Crippen LogP contribution in [-0.4, -0.2) is 6.29 Å². The summed E-state index contributed by atoms with van der Waals surface area (Å²) in [5.41, 5.74) is 2.63. The van der Waals surface area contributed by atoms with E-state index < -0.39 is 0 Å². The van der Waals surface area contributed by atoms with Crippen molar-refractivity contribution in [2.45, 2.75) is 0 Å². The second kappa shape index (κ2) is 3.94. The van der Waals surface area contributed by atoms with Crippen LogP contribution in [0.2, 0.25) is 0 Å². The molecule has 0 unspecified atom stereocenters. The molecule has 0 bridgehead atoms. The van der Waals surface area contributed by atoms with Crippen molar-refractivity contribution >= 4 is 23.5 Å². The third-order valence-electron chi connectivity index (χ3n) is 1.35. The van der Waals surface area contributed by atoms with E-state index in [-0.39, 0.29) is 0 Å². The van der Waals surface area contributed by atoms with Crippen LogP contribution in [0.3, 0.4) is 0 Å². The van der Waals surface area contributed by atoms with Crippen molar-refractivity contribution in [3.8, 4) is 0 Å². The molecule has 0 aliphatic rings. The molecular formula is C9H7ClO. The maximum absolute atomic E-state index is 10.4. The van der Waals surface area contributed by atoms with Gasteiger partial charge in [-0.25, -0.2) is 0 Å². The van der Waals surface area contributed by atoms with Crippen molar-refractivity contribution < 1.29 is 4.79 Å². The zero-order chi connectivity index (χ0) is 8.10. The third-order valence-corrected chi connectivity index (χ3v) is 1.59. The van der Waals surface area contributed by atoms with Gasteiger partial charge in [0, 0.05) is 11.1 Å². The molecule has 1 nitrogen and oxygen atoms in total. The first-order valence-corrected chi connectivity index (χ1v) is 3.63. The minimum Gasteiger partial charge on any atom is -0.298 e. The number of rotatable bonds is 2. The Kier molecular flexibility index (Phi) is 2.87. The average molecular weight is 167 g/mol. The van der Waals surface area contributed by atoms with Gasteiger partial charge in [-0.1, -0.05) is 41.9 Å². The lowest BCUT2D eigenvalue weighted by molar-refractivity contribution is -0.103. The second-order valence-corrected chi connectivity index (χ2v) is 2.27. The van der Waals surface area contributed by atoms with Gasteiger partial charge in [-0.15, -0.1) is 0 Å². The highest BCUT2D eigenvalue weighted by Crippen LogP contribution is 2.11. The van der Waals surface area contributed by atoms with E-state index in [1.807, 2.05) is 30.3 Å². The maximum atomic E-state index is 10.4. The van der Waals surface area contributed by atoms with E-state index in [4.69, 9.17) is 11.6 Å². The van der Waals surface area contributed by atoms with Gasteiger partial charge in [0.25, 0.3) is 0 Å². The van der Waals surface area contributed by atoms with Crippen molar-refractivity contribution in [2.24, 2.45) is 0 Å². The molecule has 11 heavy (non-hydrogen) atoms. The molecule has 0 atom stereocenters. The minimum atomic E-state index is 0.507. The van der Waals surface area contributed by atoms with E-state index in [2.05, 4.69) is 0 Å².